The van der Waals surface area contributed by atoms with Crippen LogP contribution in [0.4, 0.5) is 5.82 Å². The minimum absolute atomic E-state index is 0.252. The van der Waals surface area contributed by atoms with Gasteiger partial charge in [-0.15, -0.1) is 0 Å². The summed E-state index contributed by atoms with van der Waals surface area (Å²) in [6, 6.07) is 2.65. The Morgan fingerprint density at radius 1 is 1.29 bits per heavy atom. The molecule has 1 fully saturated rings. The van der Waals surface area contributed by atoms with Crippen molar-refractivity contribution in [1.29, 1.82) is 0 Å². The van der Waals surface area contributed by atoms with E-state index in [-0.39, 0.29) is 12.2 Å². The minimum atomic E-state index is 0.252. The molecule has 0 radical (unpaired) electrons. The van der Waals surface area contributed by atoms with E-state index in [2.05, 4.69) is 57.8 Å². The van der Waals surface area contributed by atoms with Crippen LogP contribution in [0, 0.1) is 13.8 Å². The number of morpholine rings is 1. The predicted octanol–water partition coefficient (Wildman–Crippen LogP) is 2.81. The summed E-state index contributed by atoms with van der Waals surface area (Å²) >= 11 is 0. The van der Waals surface area contributed by atoms with Crippen molar-refractivity contribution < 1.29 is 4.74 Å². The van der Waals surface area contributed by atoms with E-state index in [0.717, 1.165) is 31.1 Å². The Morgan fingerprint density at radius 3 is 2.48 bits per heavy atom. The Balaban J connectivity index is 2.31. The molecule has 2 heterocycles. The second-order valence-electron chi connectivity index (χ2n) is 6.58. The van der Waals surface area contributed by atoms with Crippen molar-refractivity contribution >= 4 is 5.82 Å². The monoisotopic (exact) mass is 291 g/mol. The van der Waals surface area contributed by atoms with Crippen molar-refractivity contribution in [1.82, 2.24) is 10.3 Å². The molecule has 4 nitrogen and oxygen atoms in total. The molecule has 0 unspecified atom stereocenters. The highest BCUT2D eigenvalue weighted by Gasteiger charge is 2.25. The van der Waals surface area contributed by atoms with Gasteiger partial charge in [0.1, 0.15) is 5.82 Å². The molecule has 0 bridgehead atoms. The van der Waals surface area contributed by atoms with Crippen LogP contribution in [0.5, 0.6) is 0 Å². The van der Waals surface area contributed by atoms with E-state index < -0.39 is 0 Å². The van der Waals surface area contributed by atoms with E-state index in [9.17, 15) is 0 Å². The molecule has 21 heavy (non-hydrogen) atoms. The van der Waals surface area contributed by atoms with Crippen LogP contribution >= 0.6 is 0 Å². The zero-order chi connectivity index (χ0) is 15.6. The Hall–Kier alpha value is -1.13. The van der Waals surface area contributed by atoms with Crippen LogP contribution in [0.1, 0.15) is 44.5 Å². The zero-order valence-electron chi connectivity index (χ0n) is 14.2. The fourth-order valence-corrected chi connectivity index (χ4v) is 2.98. The lowest BCUT2D eigenvalue weighted by atomic mass is 10.1. The summed E-state index contributed by atoms with van der Waals surface area (Å²) in [5, 5.41) is 3.53. The largest absolute Gasteiger partial charge is 0.372 e. The van der Waals surface area contributed by atoms with E-state index in [1.165, 1.54) is 11.1 Å². The van der Waals surface area contributed by atoms with Crippen molar-refractivity contribution in [2.24, 2.45) is 0 Å². The van der Waals surface area contributed by atoms with E-state index in [1.54, 1.807) is 0 Å². The summed E-state index contributed by atoms with van der Waals surface area (Å²) in [5.74, 6) is 1.13. The molecular weight excluding hydrogens is 262 g/mol. The summed E-state index contributed by atoms with van der Waals surface area (Å²) in [6.07, 6.45) is 0.504. The van der Waals surface area contributed by atoms with Crippen molar-refractivity contribution in [3.63, 3.8) is 0 Å². The summed E-state index contributed by atoms with van der Waals surface area (Å²) in [4.78, 5) is 7.22. The molecule has 1 aliphatic heterocycles. The SMILES string of the molecule is Cc1cc(C)c(CNC(C)C)c(N2C[C@@H](C)O[C@@H](C)C2)n1. The van der Waals surface area contributed by atoms with Gasteiger partial charge >= 0.3 is 0 Å². The van der Waals surface area contributed by atoms with Gasteiger partial charge < -0.3 is 15.0 Å². The lowest BCUT2D eigenvalue weighted by molar-refractivity contribution is -0.00552. The third-order valence-electron chi connectivity index (χ3n) is 3.86. The highest BCUT2D eigenvalue weighted by atomic mass is 16.5. The topological polar surface area (TPSA) is 37.4 Å². The van der Waals surface area contributed by atoms with Crippen molar-refractivity contribution in [3.8, 4) is 0 Å². The van der Waals surface area contributed by atoms with Gasteiger partial charge in [-0.25, -0.2) is 4.98 Å². The van der Waals surface area contributed by atoms with Gasteiger partial charge in [-0.1, -0.05) is 13.8 Å². The van der Waals surface area contributed by atoms with Gasteiger partial charge in [0.05, 0.1) is 12.2 Å². The van der Waals surface area contributed by atoms with Crippen LogP contribution < -0.4 is 10.2 Å². The van der Waals surface area contributed by atoms with E-state index in [0.29, 0.717) is 6.04 Å². The van der Waals surface area contributed by atoms with Crippen molar-refractivity contribution in [2.45, 2.75) is 66.3 Å². The molecule has 2 atom stereocenters. The second kappa shape index (κ2) is 6.75. The number of hydrogen-bond acceptors (Lipinski definition) is 4. The molecule has 0 saturated carbocycles. The van der Waals surface area contributed by atoms with Gasteiger partial charge in [-0.2, -0.15) is 0 Å². The number of anilines is 1. The Labute approximate surface area is 128 Å². The molecule has 2 rings (SSSR count). The van der Waals surface area contributed by atoms with Crippen molar-refractivity contribution in [2.75, 3.05) is 18.0 Å². The minimum Gasteiger partial charge on any atom is -0.372 e. The second-order valence-corrected chi connectivity index (χ2v) is 6.58. The molecular formula is C17H29N3O. The summed E-state index contributed by atoms with van der Waals surface area (Å²) < 4.78 is 5.85. The van der Waals surface area contributed by atoms with Crippen molar-refractivity contribution in [3.05, 3.63) is 22.9 Å². The highest BCUT2D eigenvalue weighted by molar-refractivity contribution is 5.52. The molecule has 1 N–H and O–H groups in total. The Kier molecular flexibility index (Phi) is 5.22. The standard InChI is InChI=1S/C17H29N3O/c1-11(2)18-8-16-12(3)7-13(4)19-17(16)20-9-14(5)21-15(6)10-20/h7,11,14-15,18H,8-10H2,1-6H3/t14-,15+. The quantitative estimate of drug-likeness (QED) is 0.925. The highest BCUT2D eigenvalue weighted by Crippen LogP contribution is 2.26. The third-order valence-corrected chi connectivity index (χ3v) is 3.86. The van der Waals surface area contributed by atoms with Crippen LogP contribution in [-0.2, 0) is 11.3 Å². The third kappa shape index (κ3) is 4.17. The molecule has 4 heteroatoms. The smallest absolute Gasteiger partial charge is 0.133 e. The van der Waals surface area contributed by atoms with E-state index >= 15 is 0 Å². The number of nitrogens with one attached hydrogen (secondary N) is 1. The molecule has 118 valence electrons. The first-order valence-corrected chi connectivity index (χ1v) is 7.97. The zero-order valence-corrected chi connectivity index (χ0v) is 14.2. The first-order valence-electron chi connectivity index (χ1n) is 7.97. The van der Waals surface area contributed by atoms with Gasteiger partial charge in [0.25, 0.3) is 0 Å². The molecule has 0 spiro atoms. The molecule has 0 amide bonds. The van der Waals surface area contributed by atoms with Crippen LogP contribution in [0.15, 0.2) is 6.07 Å². The van der Waals surface area contributed by atoms with Crippen LogP contribution in [0.2, 0.25) is 0 Å². The van der Waals surface area contributed by atoms with Gasteiger partial charge in [0, 0.05) is 36.9 Å². The van der Waals surface area contributed by atoms with Gasteiger partial charge in [0.2, 0.25) is 0 Å². The number of pyridine rings is 1. The van der Waals surface area contributed by atoms with Crippen LogP contribution in [0.3, 0.4) is 0 Å². The summed E-state index contributed by atoms with van der Waals surface area (Å²) in [7, 11) is 0. The number of aromatic nitrogens is 1. The first-order chi connectivity index (χ1) is 9.86. The maximum atomic E-state index is 5.85. The molecule has 1 aromatic heterocycles. The lowest BCUT2D eigenvalue weighted by Crippen LogP contribution is -2.46. The number of hydrogen-bond donors (Lipinski definition) is 1. The number of nitrogens with zero attached hydrogens (tertiary/aromatic N) is 2. The lowest BCUT2D eigenvalue weighted by Gasteiger charge is -2.37. The Morgan fingerprint density at radius 2 is 1.90 bits per heavy atom. The maximum absolute atomic E-state index is 5.85. The number of aryl methyl sites for hydroxylation is 2. The fraction of sp³-hybridized carbons (Fsp3) is 0.706. The van der Waals surface area contributed by atoms with E-state index in [4.69, 9.17) is 9.72 Å². The summed E-state index contributed by atoms with van der Waals surface area (Å²) in [6.45, 7) is 15.6. The summed E-state index contributed by atoms with van der Waals surface area (Å²) in [5.41, 5.74) is 3.72. The van der Waals surface area contributed by atoms with Crippen LogP contribution in [-0.4, -0.2) is 36.3 Å². The molecule has 0 aliphatic carbocycles. The predicted molar refractivity (Wildman–Crippen MR) is 87.9 cm³/mol. The number of ether oxygens (including phenoxy) is 1. The average Bonchev–Trinajstić information content (AvgIpc) is 2.35. The number of rotatable bonds is 4. The van der Waals surface area contributed by atoms with Gasteiger partial charge in [0.15, 0.2) is 0 Å². The first kappa shape index (κ1) is 16.2. The van der Waals surface area contributed by atoms with Crippen LogP contribution in [0.25, 0.3) is 0 Å². The normalized spacial score (nSPS) is 22.9. The van der Waals surface area contributed by atoms with Gasteiger partial charge in [-0.3, -0.25) is 0 Å². The average molecular weight is 291 g/mol. The van der Waals surface area contributed by atoms with E-state index in [1.807, 2.05) is 0 Å². The molecule has 1 aromatic rings. The Bertz CT molecular complexity index is 477. The molecule has 0 aromatic carbocycles. The fourth-order valence-electron chi connectivity index (χ4n) is 2.98. The van der Waals surface area contributed by atoms with Gasteiger partial charge in [-0.05, 0) is 39.3 Å². The maximum Gasteiger partial charge on any atom is 0.133 e. The molecule has 1 saturated heterocycles. The molecule has 1 aliphatic rings.